The molecule has 274 valence electrons. The highest BCUT2D eigenvalue weighted by Gasteiger charge is 2.25. The van der Waals surface area contributed by atoms with Gasteiger partial charge in [-0.05, 0) is 121 Å². The van der Waals surface area contributed by atoms with E-state index in [0.717, 1.165) is 43.4 Å². The van der Waals surface area contributed by atoms with E-state index in [2.05, 4.69) is 127 Å². The number of aryl methyl sites for hydroxylation is 1. The van der Waals surface area contributed by atoms with Crippen LogP contribution in [0, 0.1) is 0 Å². The number of aromatic nitrogens is 2. The lowest BCUT2D eigenvalue weighted by molar-refractivity contribution is 0.667. The highest BCUT2D eigenvalue weighted by atomic mass is 32.1. The van der Waals surface area contributed by atoms with Crippen LogP contribution in [0.2, 0.25) is 0 Å². The van der Waals surface area contributed by atoms with E-state index >= 15 is 0 Å². The lowest BCUT2D eigenvalue weighted by atomic mass is 9.95. The highest BCUT2D eigenvalue weighted by Crippen LogP contribution is 2.49. The summed E-state index contributed by atoms with van der Waals surface area (Å²) in [5.41, 5.74) is 13.7. The summed E-state index contributed by atoms with van der Waals surface area (Å²) in [7, 11) is 0. The smallest absolute Gasteiger partial charge is 0.145 e. The molecule has 0 N–H and O–H groups in total. The van der Waals surface area contributed by atoms with Crippen LogP contribution in [0.3, 0.4) is 0 Å². The molecule has 3 aliphatic carbocycles. The third-order valence-corrected chi connectivity index (χ3v) is 15.3. The monoisotopic (exact) mass is 762 g/mol. The second-order valence-corrected chi connectivity index (χ2v) is 18.4. The number of nitrogens with zero attached hydrogens (tertiary/aromatic N) is 2. The van der Waals surface area contributed by atoms with Crippen LogP contribution in [0.15, 0.2) is 96.6 Å². The van der Waals surface area contributed by atoms with Gasteiger partial charge in [-0.2, -0.15) is 0 Å². The fourth-order valence-electron chi connectivity index (χ4n) is 8.55. The first kappa shape index (κ1) is 35.7. The summed E-state index contributed by atoms with van der Waals surface area (Å²) < 4.78 is 5.33. The van der Waals surface area contributed by atoms with E-state index in [-0.39, 0.29) is 0 Å². The maximum absolute atomic E-state index is 5.18. The molecule has 0 saturated heterocycles. The fourth-order valence-corrected chi connectivity index (χ4v) is 12.5. The van der Waals surface area contributed by atoms with E-state index < -0.39 is 0 Å². The maximum Gasteiger partial charge on any atom is 0.145 e. The molecule has 3 aliphatic rings. The summed E-state index contributed by atoms with van der Waals surface area (Å²) >= 11 is 6.05. The first-order chi connectivity index (χ1) is 26.7. The van der Waals surface area contributed by atoms with Crippen LogP contribution in [0.25, 0.3) is 64.5 Å². The number of para-hydroxylation sites is 2. The van der Waals surface area contributed by atoms with Gasteiger partial charge in [0.05, 0.1) is 11.0 Å². The molecule has 4 heterocycles. The number of thiophene rings is 3. The molecule has 5 heteroatoms. The van der Waals surface area contributed by atoms with Crippen molar-refractivity contribution in [3.05, 3.63) is 123 Å². The molecular formula is C49H50N2S3. The van der Waals surface area contributed by atoms with Crippen molar-refractivity contribution < 1.29 is 0 Å². The van der Waals surface area contributed by atoms with Gasteiger partial charge in [-0.3, -0.25) is 4.57 Å². The third kappa shape index (κ3) is 7.00. The second-order valence-electron chi connectivity index (χ2n) is 15.2. The average molecular weight is 763 g/mol. The largest absolute Gasteiger partial charge is 0.293 e. The fraction of sp³-hybridized carbons (Fsp3) is 0.327. The zero-order valence-electron chi connectivity index (χ0n) is 31.8. The van der Waals surface area contributed by atoms with Crippen LogP contribution in [0.5, 0.6) is 0 Å². The minimum atomic E-state index is 1.01. The predicted molar refractivity (Wildman–Crippen MR) is 240 cm³/mol. The van der Waals surface area contributed by atoms with E-state index in [1.807, 2.05) is 22.7 Å². The average Bonchev–Trinajstić information content (AvgIpc) is 4.06. The molecule has 6 aromatic rings. The normalized spacial score (nSPS) is 15.3. The van der Waals surface area contributed by atoms with E-state index in [0.29, 0.717) is 0 Å². The zero-order valence-corrected chi connectivity index (χ0v) is 34.2. The molecular weight excluding hydrogens is 713 g/mol. The summed E-state index contributed by atoms with van der Waals surface area (Å²) in [5, 5.41) is 0. The molecule has 0 atom stereocenters. The van der Waals surface area contributed by atoms with Crippen molar-refractivity contribution in [1.29, 1.82) is 0 Å². The quantitative estimate of drug-likeness (QED) is 0.0953. The summed E-state index contributed by atoms with van der Waals surface area (Å²) in [5.74, 6) is 1.02. The van der Waals surface area contributed by atoms with E-state index in [4.69, 9.17) is 4.98 Å². The number of fused-ring (bicyclic) bond motifs is 4. The van der Waals surface area contributed by atoms with Crippen molar-refractivity contribution in [2.45, 2.75) is 104 Å². The maximum atomic E-state index is 5.18. The van der Waals surface area contributed by atoms with Gasteiger partial charge in [0.25, 0.3) is 0 Å². The van der Waals surface area contributed by atoms with E-state index in [1.54, 1.807) is 16.7 Å². The number of hydrogen-bond donors (Lipinski definition) is 0. The second kappa shape index (κ2) is 16.0. The van der Waals surface area contributed by atoms with Gasteiger partial charge in [-0.1, -0.05) is 113 Å². The Hall–Kier alpha value is -4.03. The Kier molecular flexibility index (Phi) is 10.6. The van der Waals surface area contributed by atoms with E-state index in [1.165, 1.54) is 120 Å². The van der Waals surface area contributed by atoms with Crippen molar-refractivity contribution in [2.75, 3.05) is 0 Å². The molecule has 0 amide bonds. The molecule has 0 saturated carbocycles. The number of rotatable bonds is 15. The molecule has 2 nitrogen and oxygen atoms in total. The molecule has 9 rings (SSSR count). The summed E-state index contributed by atoms with van der Waals surface area (Å²) in [6.45, 7) is 4.63. The molecule has 2 aromatic carbocycles. The van der Waals surface area contributed by atoms with Crippen LogP contribution in [-0.4, -0.2) is 9.55 Å². The lowest BCUT2D eigenvalue weighted by Gasteiger charge is -2.14. The SMILES string of the molecule is CCCCCCC1=C(c2ccc(-c3nc4ccccc4n3C3=CCCC=C3)cc2)CC(c2sc(-c3cc4sc5c(c4s3)CC=C5)cc2CCCCCC)=C1. The van der Waals surface area contributed by atoms with Crippen LogP contribution < -0.4 is 0 Å². The van der Waals surface area contributed by atoms with Crippen molar-refractivity contribution in [3.63, 3.8) is 0 Å². The number of imidazole rings is 1. The van der Waals surface area contributed by atoms with Crippen LogP contribution >= 0.6 is 34.0 Å². The van der Waals surface area contributed by atoms with Gasteiger partial charge in [-0.15, -0.1) is 34.0 Å². The van der Waals surface area contributed by atoms with E-state index in [9.17, 15) is 0 Å². The van der Waals surface area contributed by atoms with Gasteiger partial charge in [0.15, 0.2) is 0 Å². The minimum absolute atomic E-state index is 1.01. The molecule has 0 bridgehead atoms. The van der Waals surface area contributed by atoms with Crippen molar-refractivity contribution in [2.24, 2.45) is 0 Å². The van der Waals surface area contributed by atoms with Crippen molar-refractivity contribution >= 4 is 77.4 Å². The molecule has 0 radical (unpaired) electrons. The Morgan fingerprint density at radius 2 is 1.54 bits per heavy atom. The Labute approximate surface area is 333 Å². The number of hydrogen-bond acceptors (Lipinski definition) is 4. The van der Waals surface area contributed by atoms with Gasteiger partial charge >= 0.3 is 0 Å². The number of allylic oxidation sites excluding steroid dienone is 9. The van der Waals surface area contributed by atoms with Crippen LogP contribution in [0.1, 0.15) is 117 Å². The highest BCUT2D eigenvalue weighted by molar-refractivity contribution is 7.31. The van der Waals surface area contributed by atoms with Gasteiger partial charge in [0.1, 0.15) is 5.82 Å². The molecule has 54 heavy (non-hydrogen) atoms. The Morgan fingerprint density at radius 1 is 0.741 bits per heavy atom. The van der Waals surface area contributed by atoms with Gasteiger partial charge in [0, 0.05) is 40.2 Å². The first-order valence-electron chi connectivity index (χ1n) is 20.4. The lowest BCUT2D eigenvalue weighted by Crippen LogP contribution is -2.00. The minimum Gasteiger partial charge on any atom is -0.293 e. The molecule has 0 unspecified atom stereocenters. The third-order valence-electron chi connectivity index (χ3n) is 11.4. The predicted octanol–water partition coefficient (Wildman–Crippen LogP) is 15.8. The standard InChI is InChI=1S/C49H50N2S3/c1-3-5-7-10-17-35-29-37(47-36(18-11-8-6-4-2)31-44(53-47)45-32-46-48(54-45)39-21-16-24-43(39)52-46)30-40(35)33-25-27-34(28-26-33)49-50-41-22-14-15-23-42(41)51(49)38-19-12-9-13-20-38/h12,14-16,19-20,22-29,31-32H,3-11,13,17-18,21,30H2,1-2H3. The first-order valence-corrected chi connectivity index (χ1v) is 22.9. The van der Waals surface area contributed by atoms with Gasteiger partial charge in [-0.25, -0.2) is 4.98 Å². The summed E-state index contributed by atoms with van der Waals surface area (Å²) in [6.07, 6.45) is 31.1. The Bertz CT molecular complexity index is 2460. The summed E-state index contributed by atoms with van der Waals surface area (Å²) in [6, 6.07) is 23.0. The summed E-state index contributed by atoms with van der Waals surface area (Å²) in [4.78, 5) is 11.1. The molecule has 0 spiro atoms. The van der Waals surface area contributed by atoms with Crippen molar-refractivity contribution in [1.82, 2.24) is 9.55 Å². The zero-order chi connectivity index (χ0) is 36.4. The molecule has 4 aromatic heterocycles. The van der Waals surface area contributed by atoms with Crippen LogP contribution in [0.4, 0.5) is 0 Å². The molecule has 0 aliphatic heterocycles. The van der Waals surface area contributed by atoms with Crippen LogP contribution in [-0.2, 0) is 12.8 Å². The number of unbranched alkanes of at least 4 members (excludes halogenated alkanes) is 6. The molecule has 0 fully saturated rings. The topological polar surface area (TPSA) is 17.8 Å². The van der Waals surface area contributed by atoms with Gasteiger partial charge < -0.3 is 0 Å². The Morgan fingerprint density at radius 3 is 2.35 bits per heavy atom. The van der Waals surface area contributed by atoms with Gasteiger partial charge in [0.2, 0.25) is 0 Å². The Balaban J connectivity index is 1.04. The number of benzene rings is 2. The van der Waals surface area contributed by atoms with Crippen molar-refractivity contribution in [3.8, 4) is 21.1 Å².